The average molecular weight is 247 g/mol. The van der Waals surface area contributed by atoms with Gasteiger partial charge in [-0.05, 0) is 5.56 Å². The molecule has 2 aromatic rings. The molecule has 5 nitrogen and oxygen atoms in total. The SMILES string of the molecule is OCCc1nc(CCO)n(Cc2ccccc2)n1. The molecule has 0 amide bonds. The van der Waals surface area contributed by atoms with E-state index in [-0.39, 0.29) is 13.2 Å². The molecule has 1 aromatic carbocycles. The lowest BCUT2D eigenvalue weighted by Crippen LogP contribution is -2.08. The van der Waals surface area contributed by atoms with Gasteiger partial charge in [0.25, 0.3) is 0 Å². The summed E-state index contributed by atoms with van der Waals surface area (Å²) < 4.78 is 1.79. The van der Waals surface area contributed by atoms with Crippen molar-refractivity contribution in [3.8, 4) is 0 Å². The molecule has 18 heavy (non-hydrogen) atoms. The summed E-state index contributed by atoms with van der Waals surface area (Å²) in [5, 5.41) is 22.3. The van der Waals surface area contributed by atoms with Crippen LogP contribution in [0, 0.1) is 0 Å². The zero-order valence-corrected chi connectivity index (χ0v) is 10.2. The first-order valence-electron chi connectivity index (χ1n) is 6.01. The third-order valence-corrected chi connectivity index (χ3v) is 2.64. The van der Waals surface area contributed by atoms with Crippen LogP contribution in [0.3, 0.4) is 0 Å². The second kappa shape index (κ2) is 6.28. The highest BCUT2D eigenvalue weighted by molar-refractivity contribution is 5.15. The zero-order chi connectivity index (χ0) is 12.8. The van der Waals surface area contributed by atoms with E-state index >= 15 is 0 Å². The fraction of sp³-hybridized carbons (Fsp3) is 0.385. The Morgan fingerprint density at radius 2 is 1.72 bits per heavy atom. The van der Waals surface area contributed by atoms with Crippen LogP contribution in [0.25, 0.3) is 0 Å². The van der Waals surface area contributed by atoms with Gasteiger partial charge in [0.2, 0.25) is 0 Å². The summed E-state index contributed by atoms with van der Waals surface area (Å²) in [6.07, 6.45) is 0.922. The lowest BCUT2D eigenvalue weighted by Gasteiger charge is -2.04. The molecular formula is C13H17N3O2. The Kier molecular flexibility index (Phi) is 4.44. The molecule has 0 fully saturated rings. The highest BCUT2D eigenvalue weighted by atomic mass is 16.3. The summed E-state index contributed by atoms with van der Waals surface area (Å²) in [6, 6.07) is 9.97. The Balaban J connectivity index is 2.19. The van der Waals surface area contributed by atoms with Gasteiger partial charge in [-0.2, -0.15) is 5.10 Å². The van der Waals surface area contributed by atoms with Crippen LogP contribution in [-0.4, -0.2) is 38.2 Å². The number of hydrogen-bond donors (Lipinski definition) is 2. The van der Waals surface area contributed by atoms with E-state index < -0.39 is 0 Å². The largest absolute Gasteiger partial charge is 0.396 e. The second-order valence-corrected chi connectivity index (χ2v) is 4.03. The maximum absolute atomic E-state index is 9.02. The van der Waals surface area contributed by atoms with Crippen LogP contribution in [0.4, 0.5) is 0 Å². The molecule has 1 aromatic heterocycles. The van der Waals surface area contributed by atoms with Crippen LogP contribution in [0.1, 0.15) is 17.2 Å². The fourth-order valence-electron chi connectivity index (χ4n) is 1.80. The molecule has 0 unspecified atom stereocenters. The van der Waals surface area contributed by atoms with E-state index in [0.29, 0.717) is 25.2 Å². The average Bonchev–Trinajstić information content (AvgIpc) is 2.74. The molecule has 2 rings (SSSR count). The van der Waals surface area contributed by atoms with E-state index in [9.17, 15) is 0 Å². The molecule has 0 saturated heterocycles. The van der Waals surface area contributed by atoms with Crippen molar-refractivity contribution < 1.29 is 10.2 Å². The molecule has 96 valence electrons. The van der Waals surface area contributed by atoms with Crippen molar-refractivity contribution in [1.29, 1.82) is 0 Å². The molecule has 0 radical (unpaired) electrons. The molecule has 0 aliphatic heterocycles. The normalized spacial score (nSPS) is 10.8. The first-order valence-corrected chi connectivity index (χ1v) is 6.01. The maximum Gasteiger partial charge on any atom is 0.153 e. The second-order valence-electron chi connectivity index (χ2n) is 4.03. The summed E-state index contributed by atoms with van der Waals surface area (Å²) in [5.74, 6) is 1.38. The Labute approximate surface area is 106 Å². The number of aliphatic hydroxyl groups is 2. The summed E-state index contributed by atoms with van der Waals surface area (Å²) in [4.78, 5) is 4.32. The van der Waals surface area contributed by atoms with E-state index in [1.54, 1.807) is 4.68 Å². The summed E-state index contributed by atoms with van der Waals surface area (Å²) >= 11 is 0. The van der Waals surface area contributed by atoms with Gasteiger partial charge in [-0.15, -0.1) is 0 Å². The molecule has 0 saturated carbocycles. The molecule has 0 bridgehead atoms. The zero-order valence-electron chi connectivity index (χ0n) is 10.2. The highest BCUT2D eigenvalue weighted by Gasteiger charge is 2.09. The predicted octanol–water partition coefficient (Wildman–Crippen LogP) is 0.396. The molecule has 0 aliphatic rings. The van der Waals surface area contributed by atoms with Gasteiger partial charge < -0.3 is 10.2 Å². The Morgan fingerprint density at radius 3 is 2.39 bits per heavy atom. The maximum atomic E-state index is 9.02. The van der Waals surface area contributed by atoms with Gasteiger partial charge in [0.1, 0.15) is 5.82 Å². The quantitative estimate of drug-likeness (QED) is 0.775. The van der Waals surface area contributed by atoms with E-state index in [1.165, 1.54) is 0 Å². The Hall–Kier alpha value is -1.72. The van der Waals surface area contributed by atoms with Crippen molar-refractivity contribution in [2.24, 2.45) is 0 Å². The summed E-state index contributed by atoms with van der Waals surface area (Å²) in [5.41, 5.74) is 1.14. The van der Waals surface area contributed by atoms with Crippen LogP contribution >= 0.6 is 0 Å². The number of benzene rings is 1. The number of aliphatic hydroxyl groups excluding tert-OH is 2. The monoisotopic (exact) mass is 247 g/mol. The number of hydrogen-bond acceptors (Lipinski definition) is 4. The standard InChI is InChI=1S/C13H17N3O2/c17-8-6-12-14-13(7-9-18)16(15-12)10-11-4-2-1-3-5-11/h1-5,17-18H,6-10H2. The molecule has 0 aliphatic carbocycles. The lowest BCUT2D eigenvalue weighted by atomic mass is 10.2. The number of aromatic nitrogens is 3. The smallest absolute Gasteiger partial charge is 0.153 e. The Bertz CT molecular complexity index is 482. The van der Waals surface area contributed by atoms with E-state index in [0.717, 1.165) is 11.4 Å². The van der Waals surface area contributed by atoms with Crippen molar-refractivity contribution in [2.45, 2.75) is 19.4 Å². The van der Waals surface area contributed by atoms with Crippen LogP contribution in [0.5, 0.6) is 0 Å². The predicted molar refractivity (Wildman–Crippen MR) is 67.1 cm³/mol. The van der Waals surface area contributed by atoms with Gasteiger partial charge in [-0.1, -0.05) is 30.3 Å². The van der Waals surface area contributed by atoms with Crippen molar-refractivity contribution in [2.75, 3.05) is 13.2 Å². The third kappa shape index (κ3) is 3.15. The van der Waals surface area contributed by atoms with E-state index in [1.807, 2.05) is 30.3 Å². The van der Waals surface area contributed by atoms with Gasteiger partial charge in [-0.25, -0.2) is 9.67 Å². The number of nitrogens with zero attached hydrogens (tertiary/aromatic N) is 3. The molecule has 0 spiro atoms. The fourth-order valence-corrected chi connectivity index (χ4v) is 1.80. The topological polar surface area (TPSA) is 71.2 Å². The van der Waals surface area contributed by atoms with Crippen LogP contribution in [-0.2, 0) is 19.4 Å². The molecule has 2 N–H and O–H groups in total. The minimum absolute atomic E-state index is 0.0356. The van der Waals surface area contributed by atoms with Crippen LogP contribution in [0.15, 0.2) is 30.3 Å². The minimum Gasteiger partial charge on any atom is -0.396 e. The first-order chi connectivity index (χ1) is 8.83. The van der Waals surface area contributed by atoms with Crippen molar-refractivity contribution >= 4 is 0 Å². The first kappa shape index (κ1) is 12.7. The number of rotatable bonds is 6. The molecule has 1 heterocycles. The minimum atomic E-state index is 0.0356. The van der Waals surface area contributed by atoms with Crippen molar-refractivity contribution in [1.82, 2.24) is 14.8 Å². The van der Waals surface area contributed by atoms with Gasteiger partial charge in [0.05, 0.1) is 19.8 Å². The van der Waals surface area contributed by atoms with E-state index in [2.05, 4.69) is 10.1 Å². The Morgan fingerprint density at radius 1 is 1.00 bits per heavy atom. The summed E-state index contributed by atoms with van der Waals surface area (Å²) in [7, 11) is 0. The van der Waals surface area contributed by atoms with Gasteiger partial charge in [-0.3, -0.25) is 0 Å². The molecule has 0 atom stereocenters. The van der Waals surface area contributed by atoms with Crippen LogP contribution in [0.2, 0.25) is 0 Å². The van der Waals surface area contributed by atoms with Crippen LogP contribution < -0.4 is 0 Å². The highest BCUT2D eigenvalue weighted by Crippen LogP contribution is 2.06. The van der Waals surface area contributed by atoms with Gasteiger partial charge >= 0.3 is 0 Å². The van der Waals surface area contributed by atoms with Crippen molar-refractivity contribution in [3.63, 3.8) is 0 Å². The van der Waals surface area contributed by atoms with Gasteiger partial charge in [0, 0.05) is 12.8 Å². The summed E-state index contributed by atoms with van der Waals surface area (Å²) in [6.45, 7) is 0.717. The van der Waals surface area contributed by atoms with Crippen molar-refractivity contribution in [3.05, 3.63) is 47.5 Å². The third-order valence-electron chi connectivity index (χ3n) is 2.64. The molecular weight excluding hydrogens is 230 g/mol. The lowest BCUT2D eigenvalue weighted by molar-refractivity contribution is 0.294. The van der Waals surface area contributed by atoms with Gasteiger partial charge in [0.15, 0.2) is 5.82 Å². The van der Waals surface area contributed by atoms with E-state index in [4.69, 9.17) is 10.2 Å². The molecule has 5 heteroatoms.